The predicted octanol–water partition coefficient (Wildman–Crippen LogP) is 3.28. The first kappa shape index (κ1) is 9.55. The first-order chi connectivity index (χ1) is 5.17. The molecule has 0 radical (unpaired) electrons. The zero-order chi connectivity index (χ0) is 8.32. The first-order valence-electron chi connectivity index (χ1n) is 4.49. The summed E-state index contributed by atoms with van der Waals surface area (Å²) in [5, 5.41) is 0. The van der Waals surface area contributed by atoms with E-state index in [1.54, 1.807) is 0 Å². The van der Waals surface area contributed by atoms with Crippen molar-refractivity contribution in [2.24, 2.45) is 0 Å². The molecule has 0 spiro atoms. The summed E-state index contributed by atoms with van der Waals surface area (Å²) in [4.78, 5) is 0. The molecule has 0 saturated heterocycles. The van der Waals surface area contributed by atoms with Crippen LogP contribution >= 0.6 is 11.1 Å². The van der Waals surface area contributed by atoms with Gasteiger partial charge in [0, 0.05) is 6.61 Å². The summed E-state index contributed by atoms with van der Waals surface area (Å²) in [6.45, 7) is 4.94. The molecular formula is C8H17ClOSi. The van der Waals surface area contributed by atoms with Gasteiger partial charge >= 0.3 is 0 Å². The molecule has 0 aromatic heterocycles. The molecule has 1 aliphatic carbocycles. The van der Waals surface area contributed by atoms with Crippen LogP contribution in [0.3, 0.4) is 0 Å². The summed E-state index contributed by atoms with van der Waals surface area (Å²) >= 11 is 6.36. The SMILES string of the molecule is CCO[Si](C)(Cl)C1CCCC1. The van der Waals surface area contributed by atoms with Gasteiger partial charge in [0.2, 0.25) is 0 Å². The van der Waals surface area contributed by atoms with Crippen LogP contribution in [0.15, 0.2) is 0 Å². The van der Waals surface area contributed by atoms with Gasteiger partial charge in [-0.15, -0.1) is 11.1 Å². The van der Waals surface area contributed by atoms with Gasteiger partial charge in [0.1, 0.15) is 0 Å². The van der Waals surface area contributed by atoms with Crippen LogP contribution in [-0.4, -0.2) is 14.2 Å². The van der Waals surface area contributed by atoms with E-state index in [0.717, 1.165) is 6.61 Å². The fourth-order valence-electron chi connectivity index (χ4n) is 1.84. The molecule has 1 unspecified atom stereocenters. The van der Waals surface area contributed by atoms with E-state index in [1.807, 2.05) is 6.92 Å². The molecule has 1 atom stereocenters. The molecule has 0 aliphatic heterocycles. The summed E-state index contributed by atoms with van der Waals surface area (Å²) in [6.07, 6.45) is 5.30. The van der Waals surface area contributed by atoms with Gasteiger partial charge < -0.3 is 4.43 Å². The van der Waals surface area contributed by atoms with Crippen LogP contribution < -0.4 is 0 Å². The lowest BCUT2D eigenvalue weighted by molar-refractivity contribution is 0.329. The zero-order valence-electron chi connectivity index (χ0n) is 7.40. The molecule has 0 heterocycles. The van der Waals surface area contributed by atoms with Gasteiger partial charge in [-0.1, -0.05) is 12.8 Å². The highest BCUT2D eigenvalue weighted by atomic mass is 35.6. The molecule has 1 saturated carbocycles. The van der Waals surface area contributed by atoms with E-state index in [2.05, 4.69) is 6.55 Å². The summed E-state index contributed by atoms with van der Waals surface area (Å²) in [6, 6.07) is 0. The Balaban J connectivity index is 2.41. The first-order valence-corrected chi connectivity index (χ1v) is 7.99. The van der Waals surface area contributed by atoms with Gasteiger partial charge in [0.25, 0.3) is 7.63 Å². The van der Waals surface area contributed by atoms with E-state index in [4.69, 9.17) is 15.5 Å². The number of hydrogen-bond acceptors (Lipinski definition) is 1. The predicted molar refractivity (Wildman–Crippen MR) is 51.3 cm³/mol. The lowest BCUT2D eigenvalue weighted by atomic mass is 10.4. The number of hydrogen-bond donors (Lipinski definition) is 0. The fraction of sp³-hybridized carbons (Fsp3) is 1.00. The third kappa shape index (κ3) is 2.46. The second kappa shape index (κ2) is 3.92. The average molecular weight is 193 g/mol. The lowest BCUT2D eigenvalue weighted by Crippen LogP contribution is -2.32. The van der Waals surface area contributed by atoms with Crippen LogP contribution in [0.5, 0.6) is 0 Å². The number of rotatable bonds is 3. The summed E-state index contributed by atoms with van der Waals surface area (Å²) in [5.41, 5.74) is 0.712. The Morgan fingerprint density at radius 2 is 2.00 bits per heavy atom. The van der Waals surface area contributed by atoms with Crippen molar-refractivity contribution < 1.29 is 4.43 Å². The second-order valence-corrected chi connectivity index (χ2v) is 8.73. The Kier molecular flexibility index (Phi) is 3.41. The standard InChI is InChI=1S/C8H17ClOSi/c1-3-10-11(2,9)8-6-4-5-7-8/h8H,3-7H2,1-2H3. The van der Waals surface area contributed by atoms with Crippen molar-refractivity contribution in [3.63, 3.8) is 0 Å². The third-order valence-corrected chi connectivity index (χ3v) is 6.65. The van der Waals surface area contributed by atoms with E-state index in [9.17, 15) is 0 Å². The molecule has 0 bridgehead atoms. The Morgan fingerprint density at radius 1 is 1.45 bits per heavy atom. The maximum Gasteiger partial charge on any atom is 0.290 e. The molecule has 66 valence electrons. The van der Waals surface area contributed by atoms with Gasteiger partial charge in [-0.05, 0) is 31.9 Å². The van der Waals surface area contributed by atoms with Crippen LogP contribution in [0.25, 0.3) is 0 Å². The van der Waals surface area contributed by atoms with Crippen molar-refractivity contribution in [3.05, 3.63) is 0 Å². The Labute approximate surface area is 74.9 Å². The largest absolute Gasteiger partial charge is 0.403 e. The molecule has 11 heavy (non-hydrogen) atoms. The molecular weight excluding hydrogens is 176 g/mol. The topological polar surface area (TPSA) is 9.23 Å². The molecule has 0 N–H and O–H groups in total. The molecule has 1 nitrogen and oxygen atoms in total. The lowest BCUT2D eigenvalue weighted by Gasteiger charge is -2.25. The van der Waals surface area contributed by atoms with Crippen LogP contribution in [0, 0.1) is 0 Å². The zero-order valence-corrected chi connectivity index (χ0v) is 9.16. The maximum atomic E-state index is 6.36. The van der Waals surface area contributed by atoms with Crippen molar-refractivity contribution in [2.75, 3.05) is 6.61 Å². The molecule has 1 fully saturated rings. The quantitative estimate of drug-likeness (QED) is 0.493. The Bertz CT molecular complexity index is 121. The molecule has 0 aromatic carbocycles. The van der Waals surface area contributed by atoms with Crippen molar-refractivity contribution in [2.45, 2.75) is 44.7 Å². The second-order valence-electron chi connectivity index (χ2n) is 3.40. The fourth-order valence-corrected chi connectivity index (χ4v) is 5.06. The van der Waals surface area contributed by atoms with Crippen LogP contribution in [-0.2, 0) is 4.43 Å². The van der Waals surface area contributed by atoms with Crippen LogP contribution in [0.2, 0.25) is 12.1 Å². The monoisotopic (exact) mass is 192 g/mol. The normalized spacial score (nSPS) is 25.4. The molecule has 1 rings (SSSR count). The van der Waals surface area contributed by atoms with Gasteiger partial charge in [-0.3, -0.25) is 0 Å². The third-order valence-electron chi connectivity index (χ3n) is 2.51. The summed E-state index contributed by atoms with van der Waals surface area (Å²) in [5.74, 6) is 0. The minimum atomic E-state index is -1.80. The van der Waals surface area contributed by atoms with Gasteiger partial charge in [-0.25, -0.2) is 0 Å². The van der Waals surface area contributed by atoms with Crippen LogP contribution in [0.1, 0.15) is 32.6 Å². The summed E-state index contributed by atoms with van der Waals surface area (Å²) in [7, 11) is -1.80. The molecule has 3 heteroatoms. The van der Waals surface area contributed by atoms with E-state index in [0.29, 0.717) is 5.54 Å². The molecule has 1 aliphatic rings. The molecule has 0 aromatic rings. The average Bonchev–Trinajstić information content (AvgIpc) is 2.37. The van der Waals surface area contributed by atoms with Crippen molar-refractivity contribution in [1.29, 1.82) is 0 Å². The van der Waals surface area contributed by atoms with E-state index in [-0.39, 0.29) is 0 Å². The minimum Gasteiger partial charge on any atom is -0.403 e. The van der Waals surface area contributed by atoms with Gasteiger partial charge in [-0.2, -0.15) is 0 Å². The Morgan fingerprint density at radius 3 is 2.45 bits per heavy atom. The Hall–Kier alpha value is 0.467. The van der Waals surface area contributed by atoms with Crippen LogP contribution in [0.4, 0.5) is 0 Å². The minimum absolute atomic E-state index is 0.712. The van der Waals surface area contributed by atoms with Gasteiger partial charge in [0.15, 0.2) is 0 Å². The van der Waals surface area contributed by atoms with Crippen molar-refractivity contribution in [1.82, 2.24) is 0 Å². The van der Waals surface area contributed by atoms with E-state index >= 15 is 0 Å². The van der Waals surface area contributed by atoms with Crippen molar-refractivity contribution in [3.8, 4) is 0 Å². The van der Waals surface area contributed by atoms with Gasteiger partial charge in [0.05, 0.1) is 0 Å². The van der Waals surface area contributed by atoms with E-state index in [1.165, 1.54) is 25.7 Å². The maximum absolute atomic E-state index is 6.36. The highest BCUT2D eigenvalue weighted by molar-refractivity contribution is 7.16. The highest BCUT2D eigenvalue weighted by Crippen LogP contribution is 2.40. The smallest absolute Gasteiger partial charge is 0.290 e. The highest BCUT2D eigenvalue weighted by Gasteiger charge is 2.38. The molecule has 0 amide bonds. The van der Waals surface area contributed by atoms with E-state index < -0.39 is 7.63 Å². The number of halogens is 1. The summed E-state index contributed by atoms with van der Waals surface area (Å²) < 4.78 is 5.62. The van der Waals surface area contributed by atoms with Crippen molar-refractivity contribution >= 4 is 18.7 Å².